The third-order valence-corrected chi connectivity index (χ3v) is 4.10. The summed E-state index contributed by atoms with van der Waals surface area (Å²) < 4.78 is 6.85. The van der Waals surface area contributed by atoms with Crippen LogP contribution in [-0.2, 0) is 11.3 Å². The zero-order valence-electron chi connectivity index (χ0n) is 14.3. The number of rotatable bonds is 3. The van der Waals surface area contributed by atoms with Crippen LogP contribution in [0.1, 0.15) is 11.3 Å². The third-order valence-electron chi connectivity index (χ3n) is 4.10. The Hall–Kier alpha value is -3.48. The molecule has 1 amide bonds. The molecule has 4 aromatic rings. The second-order valence-corrected chi connectivity index (χ2v) is 6.17. The van der Waals surface area contributed by atoms with Crippen molar-refractivity contribution in [1.29, 1.82) is 0 Å². The summed E-state index contributed by atoms with van der Waals surface area (Å²) in [7, 11) is 0. The number of aryl methyl sites for hydroxylation is 2. The highest BCUT2D eigenvalue weighted by Crippen LogP contribution is 2.23. The number of nitrogens with zero attached hydrogens (tertiary/aromatic N) is 3. The minimum atomic E-state index is -0.469. The van der Waals surface area contributed by atoms with Crippen LogP contribution in [0.15, 0.2) is 51.8 Å². The lowest BCUT2D eigenvalue weighted by molar-refractivity contribution is -0.116. The van der Waals surface area contributed by atoms with Gasteiger partial charge >= 0.3 is 5.63 Å². The Morgan fingerprint density at radius 1 is 1.19 bits per heavy atom. The summed E-state index contributed by atoms with van der Waals surface area (Å²) in [5.74, 6) is 0.203. The minimum absolute atomic E-state index is 0.0361. The number of nitrogens with one attached hydrogen (secondary N) is 1. The van der Waals surface area contributed by atoms with Crippen LogP contribution in [0.25, 0.3) is 21.9 Å². The number of carbonyl (C=O) groups excluding carboxylic acids is 1. The summed E-state index contributed by atoms with van der Waals surface area (Å²) >= 11 is 0. The number of aromatic nitrogens is 3. The predicted molar refractivity (Wildman–Crippen MR) is 98.1 cm³/mol. The molecule has 0 atom stereocenters. The lowest BCUT2D eigenvalue weighted by Crippen LogP contribution is -2.20. The molecule has 0 unspecified atom stereocenters. The largest absolute Gasteiger partial charge is 0.422 e. The molecule has 3 aromatic heterocycles. The van der Waals surface area contributed by atoms with Crippen LogP contribution in [0.4, 0.5) is 5.82 Å². The van der Waals surface area contributed by atoms with Crippen LogP contribution in [0.5, 0.6) is 0 Å². The molecule has 0 bridgehead atoms. The van der Waals surface area contributed by atoms with E-state index in [1.165, 1.54) is 10.9 Å². The van der Waals surface area contributed by atoms with Crippen LogP contribution in [0.3, 0.4) is 0 Å². The molecule has 0 aliphatic carbocycles. The molecule has 0 saturated heterocycles. The molecule has 7 nitrogen and oxygen atoms in total. The summed E-state index contributed by atoms with van der Waals surface area (Å²) in [6, 6.07) is 10.9. The van der Waals surface area contributed by atoms with Gasteiger partial charge in [0.1, 0.15) is 23.3 Å². The molecule has 0 aliphatic rings. The Bertz CT molecular complexity index is 1210. The molecule has 0 fully saturated rings. The normalized spacial score (nSPS) is 11.2. The highest BCUT2D eigenvalue weighted by molar-refractivity contribution is 6.03. The Balaban J connectivity index is 1.75. The standard InChI is InChI=1S/C19H16N4O3/c1-11-6-7-15-13(8-11)18-14(19(25)26-15)9-20-23(18)10-17(24)22-16-5-3-4-12(2)21-16/h3-9H,10H2,1-2H3,(H,21,22,24). The fraction of sp³-hybridized carbons (Fsp3) is 0.158. The van der Waals surface area contributed by atoms with Crippen molar-refractivity contribution in [2.24, 2.45) is 0 Å². The molecule has 130 valence electrons. The summed E-state index contributed by atoms with van der Waals surface area (Å²) in [6.45, 7) is 3.77. The van der Waals surface area contributed by atoms with Crippen molar-refractivity contribution in [2.75, 3.05) is 5.32 Å². The smallest absolute Gasteiger partial charge is 0.347 e. The quantitative estimate of drug-likeness (QED) is 0.575. The highest BCUT2D eigenvalue weighted by atomic mass is 16.4. The Labute approximate surface area is 148 Å². The number of hydrogen-bond donors (Lipinski definition) is 1. The van der Waals surface area contributed by atoms with Gasteiger partial charge in [-0.15, -0.1) is 0 Å². The van der Waals surface area contributed by atoms with Gasteiger partial charge in [-0.2, -0.15) is 5.10 Å². The van der Waals surface area contributed by atoms with Crippen molar-refractivity contribution >= 4 is 33.6 Å². The van der Waals surface area contributed by atoms with Gasteiger partial charge < -0.3 is 9.73 Å². The molecule has 1 N–H and O–H groups in total. The van der Waals surface area contributed by atoms with E-state index in [1.54, 1.807) is 12.1 Å². The molecule has 0 spiro atoms. The van der Waals surface area contributed by atoms with Crippen molar-refractivity contribution in [2.45, 2.75) is 20.4 Å². The molecule has 4 rings (SSSR count). The summed E-state index contributed by atoms with van der Waals surface area (Å²) in [6.07, 6.45) is 1.43. The fourth-order valence-electron chi connectivity index (χ4n) is 2.94. The van der Waals surface area contributed by atoms with Crippen LogP contribution in [0.2, 0.25) is 0 Å². The molecule has 0 saturated carbocycles. The maximum absolute atomic E-state index is 12.4. The van der Waals surface area contributed by atoms with Crippen molar-refractivity contribution < 1.29 is 9.21 Å². The molecule has 3 heterocycles. The van der Waals surface area contributed by atoms with Crippen LogP contribution in [-0.4, -0.2) is 20.7 Å². The minimum Gasteiger partial charge on any atom is -0.422 e. The molecular formula is C19H16N4O3. The second kappa shape index (κ2) is 6.11. The average Bonchev–Trinajstić information content (AvgIpc) is 3.00. The Morgan fingerprint density at radius 3 is 2.85 bits per heavy atom. The number of hydrogen-bond acceptors (Lipinski definition) is 5. The third kappa shape index (κ3) is 2.83. The maximum atomic E-state index is 12.4. The van der Waals surface area contributed by atoms with E-state index in [2.05, 4.69) is 15.4 Å². The van der Waals surface area contributed by atoms with E-state index in [0.29, 0.717) is 22.3 Å². The summed E-state index contributed by atoms with van der Waals surface area (Å²) in [4.78, 5) is 28.8. The van der Waals surface area contributed by atoms with Crippen LogP contribution in [0, 0.1) is 13.8 Å². The molecule has 0 radical (unpaired) electrons. The van der Waals surface area contributed by atoms with Gasteiger partial charge in [0.2, 0.25) is 5.91 Å². The Kier molecular flexibility index (Phi) is 3.76. The number of fused-ring (bicyclic) bond motifs is 3. The molecule has 1 aromatic carbocycles. The Morgan fingerprint density at radius 2 is 2.04 bits per heavy atom. The van der Waals surface area contributed by atoms with Gasteiger partial charge in [-0.1, -0.05) is 17.7 Å². The van der Waals surface area contributed by atoms with Gasteiger partial charge in [-0.05, 0) is 38.1 Å². The summed E-state index contributed by atoms with van der Waals surface area (Å²) in [5, 5.41) is 8.06. The number of amides is 1. The van der Waals surface area contributed by atoms with Crippen molar-refractivity contribution in [3.63, 3.8) is 0 Å². The van der Waals surface area contributed by atoms with E-state index in [4.69, 9.17) is 4.42 Å². The van der Waals surface area contributed by atoms with Gasteiger partial charge in [0.05, 0.1) is 11.7 Å². The molecule has 7 heteroatoms. The van der Waals surface area contributed by atoms with E-state index in [9.17, 15) is 9.59 Å². The lowest BCUT2D eigenvalue weighted by Gasteiger charge is -2.07. The van der Waals surface area contributed by atoms with Gasteiger partial charge in [-0.25, -0.2) is 9.78 Å². The lowest BCUT2D eigenvalue weighted by atomic mass is 10.1. The first-order valence-electron chi connectivity index (χ1n) is 8.14. The first-order valence-corrected chi connectivity index (χ1v) is 8.14. The van der Waals surface area contributed by atoms with Gasteiger partial charge in [0, 0.05) is 11.1 Å². The average molecular weight is 348 g/mol. The van der Waals surface area contributed by atoms with E-state index < -0.39 is 5.63 Å². The maximum Gasteiger partial charge on any atom is 0.347 e. The van der Waals surface area contributed by atoms with Crippen LogP contribution >= 0.6 is 0 Å². The first kappa shape index (κ1) is 16.0. The first-order chi connectivity index (χ1) is 12.5. The van der Waals surface area contributed by atoms with E-state index in [-0.39, 0.29) is 12.5 Å². The molecule has 0 aliphatic heterocycles. The SMILES string of the molecule is Cc1ccc2oc(=O)c3cnn(CC(=O)Nc4cccc(C)n4)c3c2c1. The van der Waals surface area contributed by atoms with E-state index in [0.717, 1.165) is 16.6 Å². The van der Waals surface area contributed by atoms with E-state index >= 15 is 0 Å². The van der Waals surface area contributed by atoms with Crippen molar-refractivity contribution in [1.82, 2.24) is 14.8 Å². The highest BCUT2D eigenvalue weighted by Gasteiger charge is 2.15. The second-order valence-electron chi connectivity index (χ2n) is 6.17. The van der Waals surface area contributed by atoms with E-state index in [1.807, 2.05) is 38.1 Å². The van der Waals surface area contributed by atoms with Gasteiger partial charge in [0.15, 0.2) is 0 Å². The molecule has 26 heavy (non-hydrogen) atoms. The van der Waals surface area contributed by atoms with Crippen molar-refractivity contribution in [3.05, 3.63) is 64.3 Å². The number of benzene rings is 1. The van der Waals surface area contributed by atoms with Gasteiger partial charge in [-0.3, -0.25) is 9.48 Å². The number of pyridine rings is 1. The van der Waals surface area contributed by atoms with Gasteiger partial charge in [0.25, 0.3) is 0 Å². The number of carbonyl (C=O) groups is 1. The zero-order chi connectivity index (χ0) is 18.3. The predicted octanol–water partition coefficient (Wildman–Crippen LogP) is 2.79. The topological polar surface area (TPSA) is 90.0 Å². The fourth-order valence-corrected chi connectivity index (χ4v) is 2.94. The zero-order valence-corrected chi connectivity index (χ0v) is 14.3. The molecular weight excluding hydrogens is 332 g/mol. The number of anilines is 1. The summed E-state index contributed by atoms with van der Waals surface area (Å²) in [5.41, 5.74) is 2.42. The monoisotopic (exact) mass is 348 g/mol. The van der Waals surface area contributed by atoms with Crippen LogP contribution < -0.4 is 10.9 Å². The van der Waals surface area contributed by atoms with Crippen molar-refractivity contribution in [3.8, 4) is 0 Å².